The van der Waals surface area contributed by atoms with Gasteiger partial charge >= 0.3 is 0 Å². The van der Waals surface area contributed by atoms with E-state index in [1.807, 2.05) is 18.5 Å². The maximum Gasteiger partial charge on any atom is 0.140 e. The van der Waals surface area contributed by atoms with Gasteiger partial charge in [0.25, 0.3) is 0 Å². The fourth-order valence-corrected chi connectivity index (χ4v) is 2.14. The van der Waals surface area contributed by atoms with Crippen molar-refractivity contribution in [2.75, 3.05) is 0 Å². The molecule has 0 spiro atoms. The van der Waals surface area contributed by atoms with Gasteiger partial charge in [0.15, 0.2) is 0 Å². The molecule has 2 aromatic heterocycles. The molecule has 1 aromatic carbocycles. The molecule has 0 atom stereocenters. The third-order valence-electron chi connectivity index (χ3n) is 3.15. The first-order valence-electron chi connectivity index (χ1n) is 5.89. The molecular weight excluding hydrogens is 227 g/mol. The Kier molecular flexibility index (Phi) is 2.59. The highest BCUT2D eigenvalue weighted by Crippen LogP contribution is 2.18. The highest BCUT2D eigenvalue weighted by Gasteiger charge is 2.04. The molecule has 2 heterocycles. The molecule has 0 radical (unpaired) electrons. The number of benzene rings is 1. The van der Waals surface area contributed by atoms with E-state index in [1.165, 1.54) is 23.1 Å². The van der Waals surface area contributed by atoms with Crippen LogP contribution in [-0.4, -0.2) is 9.55 Å². The Morgan fingerprint density at radius 2 is 1.89 bits per heavy atom. The summed E-state index contributed by atoms with van der Waals surface area (Å²) in [5.74, 6) is -0.204. The lowest BCUT2D eigenvalue weighted by Gasteiger charge is -2.05. The molecular formula is C15H13FN2. The minimum Gasteiger partial charge on any atom is -0.328 e. The molecule has 2 nitrogen and oxygen atoms in total. The number of pyridine rings is 1. The molecule has 0 bridgehead atoms. The number of fused-ring (bicyclic) bond motifs is 1. The van der Waals surface area contributed by atoms with Gasteiger partial charge in [0.2, 0.25) is 0 Å². The predicted molar refractivity (Wildman–Crippen MR) is 70.0 cm³/mol. The number of nitrogens with zero attached hydrogens (tertiary/aromatic N) is 2. The summed E-state index contributed by atoms with van der Waals surface area (Å²) >= 11 is 0. The third kappa shape index (κ3) is 1.88. The van der Waals surface area contributed by atoms with Crippen molar-refractivity contribution >= 4 is 11.0 Å². The highest BCUT2D eigenvalue weighted by atomic mass is 19.1. The predicted octanol–water partition coefficient (Wildman–Crippen LogP) is 3.53. The molecule has 0 fully saturated rings. The van der Waals surface area contributed by atoms with Crippen molar-refractivity contribution in [3.05, 3.63) is 65.7 Å². The molecule has 0 N–H and O–H groups in total. The van der Waals surface area contributed by atoms with E-state index < -0.39 is 0 Å². The van der Waals surface area contributed by atoms with Gasteiger partial charge in [-0.3, -0.25) is 0 Å². The maximum absolute atomic E-state index is 12.9. The van der Waals surface area contributed by atoms with Gasteiger partial charge in [-0.2, -0.15) is 0 Å². The van der Waals surface area contributed by atoms with Crippen molar-refractivity contribution < 1.29 is 4.39 Å². The number of hydrogen-bond acceptors (Lipinski definition) is 1. The normalized spacial score (nSPS) is 11.0. The Bertz CT molecular complexity index is 683. The second kappa shape index (κ2) is 4.26. The molecule has 0 aliphatic rings. The average Bonchev–Trinajstić information content (AvgIpc) is 2.77. The molecule has 3 aromatic rings. The van der Waals surface area contributed by atoms with Gasteiger partial charge in [-0.1, -0.05) is 12.1 Å². The van der Waals surface area contributed by atoms with E-state index in [4.69, 9.17) is 0 Å². The average molecular weight is 240 g/mol. The van der Waals surface area contributed by atoms with Crippen LogP contribution in [0, 0.1) is 12.7 Å². The second-order valence-electron chi connectivity index (χ2n) is 4.44. The Hall–Kier alpha value is -2.16. The van der Waals surface area contributed by atoms with Gasteiger partial charge < -0.3 is 4.57 Å². The van der Waals surface area contributed by atoms with Gasteiger partial charge in [-0.05, 0) is 42.3 Å². The fourth-order valence-electron chi connectivity index (χ4n) is 2.14. The van der Waals surface area contributed by atoms with E-state index in [2.05, 4.69) is 22.5 Å². The molecule has 3 heteroatoms. The topological polar surface area (TPSA) is 17.8 Å². The lowest BCUT2D eigenvalue weighted by atomic mass is 10.2. The van der Waals surface area contributed by atoms with Crippen LogP contribution in [0.25, 0.3) is 11.0 Å². The van der Waals surface area contributed by atoms with E-state index in [0.29, 0.717) is 6.54 Å². The van der Waals surface area contributed by atoms with E-state index in [-0.39, 0.29) is 5.82 Å². The van der Waals surface area contributed by atoms with Crippen LogP contribution in [0.5, 0.6) is 0 Å². The zero-order valence-electron chi connectivity index (χ0n) is 10.1. The van der Waals surface area contributed by atoms with E-state index in [1.54, 1.807) is 12.1 Å². The molecule has 0 unspecified atom stereocenters. The van der Waals surface area contributed by atoms with Gasteiger partial charge in [-0.15, -0.1) is 0 Å². The van der Waals surface area contributed by atoms with Crippen molar-refractivity contribution in [1.29, 1.82) is 0 Å². The van der Waals surface area contributed by atoms with E-state index in [0.717, 1.165) is 11.2 Å². The molecule has 90 valence electrons. The fraction of sp³-hybridized carbons (Fsp3) is 0.133. The van der Waals surface area contributed by atoms with Crippen LogP contribution in [0.15, 0.2) is 48.8 Å². The van der Waals surface area contributed by atoms with E-state index in [9.17, 15) is 4.39 Å². The van der Waals surface area contributed by atoms with Crippen molar-refractivity contribution in [2.45, 2.75) is 13.5 Å². The molecule has 0 amide bonds. The van der Waals surface area contributed by atoms with Crippen molar-refractivity contribution in [3.63, 3.8) is 0 Å². The molecule has 0 aliphatic heterocycles. The minimum atomic E-state index is -0.204. The van der Waals surface area contributed by atoms with Crippen molar-refractivity contribution in [2.24, 2.45) is 0 Å². The number of halogens is 1. The summed E-state index contributed by atoms with van der Waals surface area (Å²) < 4.78 is 14.9. The minimum absolute atomic E-state index is 0.204. The molecule has 18 heavy (non-hydrogen) atoms. The van der Waals surface area contributed by atoms with Crippen molar-refractivity contribution in [1.82, 2.24) is 9.55 Å². The molecule has 0 saturated heterocycles. The Labute approximate surface area is 105 Å². The summed E-state index contributed by atoms with van der Waals surface area (Å²) in [7, 11) is 0. The van der Waals surface area contributed by atoms with Crippen LogP contribution < -0.4 is 0 Å². The SMILES string of the molecule is Cc1ccnc2c1ccn2Cc1ccc(F)cc1. The summed E-state index contributed by atoms with van der Waals surface area (Å²) in [6, 6.07) is 10.7. The zero-order chi connectivity index (χ0) is 12.5. The summed E-state index contributed by atoms with van der Waals surface area (Å²) in [5.41, 5.74) is 3.26. The zero-order valence-corrected chi connectivity index (χ0v) is 10.1. The second-order valence-corrected chi connectivity index (χ2v) is 4.44. The first-order valence-corrected chi connectivity index (χ1v) is 5.89. The van der Waals surface area contributed by atoms with E-state index >= 15 is 0 Å². The standard InChI is InChI=1S/C15H13FN2/c1-11-6-8-17-15-14(11)7-9-18(15)10-12-2-4-13(16)5-3-12/h2-9H,10H2,1H3. The summed E-state index contributed by atoms with van der Waals surface area (Å²) in [4.78, 5) is 4.40. The van der Waals surface area contributed by atoms with Crippen LogP contribution in [0.1, 0.15) is 11.1 Å². The van der Waals surface area contributed by atoms with Crippen LogP contribution in [0.2, 0.25) is 0 Å². The first-order chi connectivity index (χ1) is 8.74. The van der Waals surface area contributed by atoms with Crippen LogP contribution in [0.4, 0.5) is 4.39 Å². The van der Waals surface area contributed by atoms with Crippen LogP contribution in [-0.2, 0) is 6.54 Å². The number of aromatic nitrogens is 2. The monoisotopic (exact) mass is 240 g/mol. The largest absolute Gasteiger partial charge is 0.328 e. The summed E-state index contributed by atoms with van der Waals surface area (Å²) in [6.45, 7) is 2.78. The van der Waals surface area contributed by atoms with Crippen LogP contribution in [0.3, 0.4) is 0 Å². The maximum atomic E-state index is 12.9. The Morgan fingerprint density at radius 3 is 2.67 bits per heavy atom. The summed E-state index contributed by atoms with van der Waals surface area (Å²) in [5, 5.41) is 1.17. The molecule has 3 rings (SSSR count). The smallest absolute Gasteiger partial charge is 0.140 e. The van der Waals surface area contributed by atoms with Crippen LogP contribution >= 0.6 is 0 Å². The highest BCUT2D eigenvalue weighted by molar-refractivity contribution is 5.79. The third-order valence-corrected chi connectivity index (χ3v) is 3.15. The van der Waals surface area contributed by atoms with Gasteiger partial charge in [0.1, 0.15) is 11.5 Å². The Morgan fingerprint density at radius 1 is 1.11 bits per heavy atom. The van der Waals surface area contributed by atoms with Gasteiger partial charge in [0, 0.05) is 24.3 Å². The lowest BCUT2D eigenvalue weighted by Crippen LogP contribution is -1.99. The number of rotatable bonds is 2. The van der Waals surface area contributed by atoms with Gasteiger partial charge in [-0.25, -0.2) is 9.37 Å². The quantitative estimate of drug-likeness (QED) is 0.670. The van der Waals surface area contributed by atoms with Crippen molar-refractivity contribution in [3.8, 4) is 0 Å². The molecule has 0 aliphatic carbocycles. The number of hydrogen-bond donors (Lipinski definition) is 0. The lowest BCUT2D eigenvalue weighted by molar-refractivity contribution is 0.626. The molecule has 0 saturated carbocycles. The van der Waals surface area contributed by atoms with Gasteiger partial charge in [0.05, 0.1) is 0 Å². The first kappa shape index (κ1) is 11.0. The number of aryl methyl sites for hydroxylation is 1. The Balaban J connectivity index is 2.00. The summed E-state index contributed by atoms with van der Waals surface area (Å²) in [6.07, 6.45) is 3.84.